The van der Waals surface area contributed by atoms with Crippen LogP contribution in [-0.4, -0.2) is 4.98 Å². The SMILES string of the molecule is Cc1c(-c2ccccc2)cccc1-c1cc(C)c2cc(Br)ccc2n1. The van der Waals surface area contributed by atoms with Crippen LogP contribution in [0.4, 0.5) is 0 Å². The highest BCUT2D eigenvalue weighted by Crippen LogP contribution is 2.33. The molecule has 1 nitrogen and oxygen atoms in total. The van der Waals surface area contributed by atoms with Gasteiger partial charge in [-0.05, 0) is 60.4 Å². The van der Waals surface area contributed by atoms with Gasteiger partial charge >= 0.3 is 0 Å². The van der Waals surface area contributed by atoms with Crippen molar-refractivity contribution in [3.05, 3.63) is 88.4 Å². The topological polar surface area (TPSA) is 12.9 Å². The van der Waals surface area contributed by atoms with Crippen molar-refractivity contribution in [1.29, 1.82) is 0 Å². The molecule has 0 atom stereocenters. The summed E-state index contributed by atoms with van der Waals surface area (Å²) in [6.07, 6.45) is 0. The molecule has 0 aliphatic carbocycles. The monoisotopic (exact) mass is 387 g/mol. The van der Waals surface area contributed by atoms with E-state index in [1.807, 2.05) is 6.07 Å². The summed E-state index contributed by atoms with van der Waals surface area (Å²) in [5, 5.41) is 1.19. The minimum atomic E-state index is 1.03. The fourth-order valence-corrected chi connectivity index (χ4v) is 3.71. The molecule has 1 heterocycles. The largest absolute Gasteiger partial charge is 0.248 e. The Labute approximate surface area is 156 Å². The van der Waals surface area contributed by atoms with Gasteiger partial charge in [-0.25, -0.2) is 4.98 Å². The van der Waals surface area contributed by atoms with Crippen molar-refractivity contribution < 1.29 is 0 Å². The van der Waals surface area contributed by atoms with Gasteiger partial charge in [-0.3, -0.25) is 0 Å². The van der Waals surface area contributed by atoms with Crippen LogP contribution in [0.5, 0.6) is 0 Å². The molecule has 0 aliphatic rings. The van der Waals surface area contributed by atoms with Gasteiger partial charge < -0.3 is 0 Å². The van der Waals surface area contributed by atoms with E-state index in [9.17, 15) is 0 Å². The molecule has 0 spiro atoms. The Morgan fingerprint density at radius 3 is 2.32 bits per heavy atom. The summed E-state index contributed by atoms with van der Waals surface area (Å²) in [4.78, 5) is 4.92. The fraction of sp³-hybridized carbons (Fsp3) is 0.0870. The maximum absolute atomic E-state index is 4.92. The van der Waals surface area contributed by atoms with Crippen LogP contribution in [-0.2, 0) is 0 Å². The van der Waals surface area contributed by atoms with E-state index in [0.717, 1.165) is 15.7 Å². The molecule has 0 bridgehead atoms. The van der Waals surface area contributed by atoms with E-state index >= 15 is 0 Å². The van der Waals surface area contributed by atoms with Crippen molar-refractivity contribution >= 4 is 26.8 Å². The van der Waals surface area contributed by atoms with Gasteiger partial charge in [-0.2, -0.15) is 0 Å². The molecule has 0 unspecified atom stereocenters. The molecule has 4 rings (SSSR count). The second kappa shape index (κ2) is 6.45. The lowest BCUT2D eigenvalue weighted by Gasteiger charge is -2.13. The summed E-state index contributed by atoms with van der Waals surface area (Å²) in [5.41, 5.74) is 8.25. The fourth-order valence-electron chi connectivity index (χ4n) is 3.35. The number of rotatable bonds is 2. The zero-order valence-corrected chi connectivity index (χ0v) is 15.8. The van der Waals surface area contributed by atoms with Crippen LogP contribution < -0.4 is 0 Å². The number of nitrogens with zero attached hydrogens (tertiary/aromatic N) is 1. The van der Waals surface area contributed by atoms with Crippen molar-refractivity contribution in [1.82, 2.24) is 4.98 Å². The number of fused-ring (bicyclic) bond motifs is 1. The number of hydrogen-bond acceptors (Lipinski definition) is 1. The van der Waals surface area contributed by atoms with Crippen molar-refractivity contribution in [2.24, 2.45) is 0 Å². The van der Waals surface area contributed by atoms with E-state index in [2.05, 4.69) is 96.5 Å². The van der Waals surface area contributed by atoms with Crippen molar-refractivity contribution in [2.75, 3.05) is 0 Å². The third-order valence-electron chi connectivity index (χ3n) is 4.67. The Morgan fingerprint density at radius 1 is 0.760 bits per heavy atom. The van der Waals surface area contributed by atoms with Gasteiger partial charge in [0.15, 0.2) is 0 Å². The maximum Gasteiger partial charge on any atom is 0.0715 e. The van der Waals surface area contributed by atoms with Crippen LogP contribution in [0.2, 0.25) is 0 Å². The quantitative estimate of drug-likeness (QED) is 0.362. The second-order valence-electron chi connectivity index (χ2n) is 6.33. The molecular formula is C23H18BrN. The first-order valence-electron chi connectivity index (χ1n) is 8.36. The third kappa shape index (κ3) is 2.98. The number of aryl methyl sites for hydroxylation is 1. The van der Waals surface area contributed by atoms with Crippen LogP contribution in [0.25, 0.3) is 33.3 Å². The second-order valence-corrected chi connectivity index (χ2v) is 7.25. The molecule has 0 saturated carbocycles. The molecule has 25 heavy (non-hydrogen) atoms. The lowest BCUT2D eigenvalue weighted by atomic mass is 9.94. The molecule has 0 fully saturated rings. The molecule has 0 saturated heterocycles. The highest BCUT2D eigenvalue weighted by atomic mass is 79.9. The molecule has 0 aliphatic heterocycles. The highest BCUT2D eigenvalue weighted by Gasteiger charge is 2.11. The summed E-state index contributed by atoms with van der Waals surface area (Å²) in [7, 11) is 0. The molecule has 4 aromatic rings. The maximum atomic E-state index is 4.92. The Hall–Kier alpha value is -2.45. The first-order chi connectivity index (χ1) is 12.1. The van der Waals surface area contributed by atoms with E-state index in [1.165, 1.54) is 33.2 Å². The van der Waals surface area contributed by atoms with Crippen LogP contribution >= 0.6 is 15.9 Å². The zero-order chi connectivity index (χ0) is 17.4. The van der Waals surface area contributed by atoms with Crippen LogP contribution in [0, 0.1) is 13.8 Å². The predicted molar refractivity (Wildman–Crippen MR) is 110 cm³/mol. The van der Waals surface area contributed by atoms with Crippen molar-refractivity contribution in [3.8, 4) is 22.4 Å². The normalized spacial score (nSPS) is 11.0. The molecule has 1 aromatic heterocycles. The predicted octanol–water partition coefficient (Wildman–Crippen LogP) is 6.95. The Morgan fingerprint density at radius 2 is 1.52 bits per heavy atom. The van der Waals surface area contributed by atoms with Crippen LogP contribution in [0.15, 0.2) is 77.3 Å². The highest BCUT2D eigenvalue weighted by molar-refractivity contribution is 9.10. The smallest absolute Gasteiger partial charge is 0.0715 e. The summed E-state index contributed by atoms with van der Waals surface area (Å²) in [6.45, 7) is 4.33. The van der Waals surface area contributed by atoms with E-state index in [0.29, 0.717) is 0 Å². The summed E-state index contributed by atoms with van der Waals surface area (Å²) < 4.78 is 1.08. The van der Waals surface area contributed by atoms with Gasteiger partial charge in [0.1, 0.15) is 0 Å². The summed E-state index contributed by atoms with van der Waals surface area (Å²) in [6, 6.07) is 25.4. The van der Waals surface area contributed by atoms with Gasteiger partial charge in [0.2, 0.25) is 0 Å². The molecule has 2 heteroatoms. The summed E-state index contributed by atoms with van der Waals surface area (Å²) >= 11 is 3.55. The molecular weight excluding hydrogens is 370 g/mol. The van der Waals surface area contributed by atoms with Gasteiger partial charge in [-0.1, -0.05) is 64.5 Å². The molecule has 0 N–H and O–H groups in total. The minimum absolute atomic E-state index is 1.03. The van der Waals surface area contributed by atoms with Gasteiger partial charge in [0.25, 0.3) is 0 Å². The first-order valence-corrected chi connectivity index (χ1v) is 9.15. The van der Waals surface area contributed by atoms with E-state index in [-0.39, 0.29) is 0 Å². The number of benzene rings is 3. The molecule has 0 radical (unpaired) electrons. The zero-order valence-electron chi connectivity index (χ0n) is 14.3. The average Bonchev–Trinajstić information content (AvgIpc) is 2.63. The Kier molecular flexibility index (Phi) is 4.14. The van der Waals surface area contributed by atoms with E-state index in [4.69, 9.17) is 4.98 Å². The van der Waals surface area contributed by atoms with Crippen LogP contribution in [0.3, 0.4) is 0 Å². The number of pyridine rings is 1. The van der Waals surface area contributed by atoms with Gasteiger partial charge in [0.05, 0.1) is 11.2 Å². The first kappa shape index (κ1) is 16.0. The van der Waals surface area contributed by atoms with E-state index in [1.54, 1.807) is 0 Å². The van der Waals surface area contributed by atoms with Crippen molar-refractivity contribution in [3.63, 3.8) is 0 Å². The lowest BCUT2D eigenvalue weighted by molar-refractivity contribution is 1.33. The number of aromatic nitrogens is 1. The standard InChI is InChI=1S/C23H18BrN/c1-15-13-23(25-22-12-11-18(24)14-21(15)22)20-10-6-9-19(16(20)2)17-7-4-3-5-8-17/h3-14H,1-2H3. The molecule has 3 aromatic carbocycles. The van der Waals surface area contributed by atoms with Crippen molar-refractivity contribution in [2.45, 2.75) is 13.8 Å². The third-order valence-corrected chi connectivity index (χ3v) is 5.17. The summed E-state index contributed by atoms with van der Waals surface area (Å²) in [5.74, 6) is 0. The van der Waals surface area contributed by atoms with Gasteiger partial charge in [-0.15, -0.1) is 0 Å². The lowest BCUT2D eigenvalue weighted by Crippen LogP contribution is -1.93. The molecule has 0 amide bonds. The minimum Gasteiger partial charge on any atom is -0.248 e. The van der Waals surface area contributed by atoms with Gasteiger partial charge in [0, 0.05) is 15.4 Å². The molecule has 122 valence electrons. The number of hydrogen-bond donors (Lipinski definition) is 0. The Balaban J connectivity index is 1.91. The Bertz CT molecular complexity index is 1070. The van der Waals surface area contributed by atoms with Crippen LogP contribution in [0.1, 0.15) is 11.1 Å². The number of halogens is 1. The van der Waals surface area contributed by atoms with E-state index < -0.39 is 0 Å². The average molecular weight is 388 g/mol.